The predicted octanol–water partition coefficient (Wildman–Crippen LogP) is 4.91. The van der Waals surface area contributed by atoms with Crippen molar-refractivity contribution in [3.63, 3.8) is 0 Å². The summed E-state index contributed by atoms with van der Waals surface area (Å²) in [4.78, 5) is 22.7. The molecule has 3 heterocycles. The summed E-state index contributed by atoms with van der Waals surface area (Å²) in [6, 6.07) is 15.6. The lowest BCUT2D eigenvalue weighted by molar-refractivity contribution is -0.116. The van der Waals surface area contributed by atoms with Crippen LogP contribution >= 0.6 is 11.6 Å². The van der Waals surface area contributed by atoms with Crippen molar-refractivity contribution in [3.8, 4) is 0 Å². The van der Waals surface area contributed by atoms with Gasteiger partial charge >= 0.3 is 0 Å². The molecule has 0 unspecified atom stereocenters. The van der Waals surface area contributed by atoms with E-state index in [-0.39, 0.29) is 11.9 Å². The molecule has 2 N–H and O–H groups in total. The van der Waals surface area contributed by atoms with Gasteiger partial charge in [0.25, 0.3) is 5.78 Å². The van der Waals surface area contributed by atoms with Crippen molar-refractivity contribution in [2.75, 3.05) is 22.1 Å². The molecular formula is C24H24ClN7O. The summed E-state index contributed by atoms with van der Waals surface area (Å²) in [6.07, 6.45) is 0.841. The van der Waals surface area contributed by atoms with Gasteiger partial charge in [0.2, 0.25) is 11.9 Å². The van der Waals surface area contributed by atoms with Crippen LogP contribution in [-0.2, 0) is 11.2 Å². The van der Waals surface area contributed by atoms with E-state index in [1.807, 2.05) is 61.2 Å². The van der Waals surface area contributed by atoms with Crippen LogP contribution in [0.4, 0.5) is 23.1 Å². The second-order valence-corrected chi connectivity index (χ2v) is 8.68. The molecule has 0 fully saturated rings. The first-order valence-electron chi connectivity index (χ1n) is 10.8. The SMILES string of the molecule is CC(=O)N1CCc2cc(Nc3cc(C)nc4nc(N[C@H](C)c5cccc(Cl)c5)nn34)ccc21. The Morgan fingerprint density at radius 3 is 2.79 bits per heavy atom. The number of halogens is 1. The zero-order chi connectivity index (χ0) is 23.1. The maximum absolute atomic E-state index is 11.8. The summed E-state index contributed by atoms with van der Waals surface area (Å²) in [5.41, 5.74) is 4.92. The standard InChI is InChI=1S/C24H24ClN7O/c1-14-11-22(28-20-7-8-21-18(13-20)9-10-31(21)16(3)33)32-24(26-14)29-23(30-32)27-15(2)17-5-4-6-19(25)12-17/h4-8,11-13,15,28H,9-10H2,1-3H3,(H,27,30)/t15-/m1/s1. The topological polar surface area (TPSA) is 87.5 Å². The van der Waals surface area contributed by atoms with Crippen LogP contribution in [0.25, 0.3) is 5.78 Å². The molecule has 0 saturated carbocycles. The highest BCUT2D eigenvalue weighted by molar-refractivity contribution is 6.30. The molecule has 0 aliphatic carbocycles. The van der Waals surface area contributed by atoms with E-state index in [0.29, 0.717) is 16.7 Å². The Morgan fingerprint density at radius 2 is 2.00 bits per heavy atom. The smallest absolute Gasteiger partial charge is 0.256 e. The zero-order valence-corrected chi connectivity index (χ0v) is 19.4. The number of aryl methyl sites for hydroxylation is 1. The predicted molar refractivity (Wildman–Crippen MR) is 130 cm³/mol. The first kappa shape index (κ1) is 21.2. The lowest BCUT2D eigenvalue weighted by Crippen LogP contribution is -2.25. The Bertz CT molecular complexity index is 1370. The number of aromatic nitrogens is 4. The third-order valence-corrected chi connectivity index (χ3v) is 6.00. The average Bonchev–Trinajstić information content (AvgIpc) is 3.37. The van der Waals surface area contributed by atoms with E-state index < -0.39 is 0 Å². The lowest BCUT2D eigenvalue weighted by Gasteiger charge is -2.15. The number of hydrogen-bond acceptors (Lipinski definition) is 6. The van der Waals surface area contributed by atoms with Crippen LogP contribution in [0, 0.1) is 6.92 Å². The Morgan fingerprint density at radius 1 is 1.15 bits per heavy atom. The van der Waals surface area contributed by atoms with Gasteiger partial charge in [-0.1, -0.05) is 23.7 Å². The van der Waals surface area contributed by atoms with E-state index in [1.54, 1.807) is 11.4 Å². The molecule has 1 aliphatic heterocycles. The van der Waals surface area contributed by atoms with Crippen LogP contribution in [0.2, 0.25) is 5.02 Å². The van der Waals surface area contributed by atoms with Gasteiger partial charge in [-0.2, -0.15) is 9.50 Å². The van der Waals surface area contributed by atoms with Gasteiger partial charge in [-0.3, -0.25) is 4.79 Å². The molecule has 33 heavy (non-hydrogen) atoms. The fraction of sp³-hybridized carbons (Fsp3) is 0.250. The highest BCUT2D eigenvalue weighted by Gasteiger charge is 2.22. The summed E-state index contributed by atoms with van der Waals surface area (Å²) < 4.78 is 1.69. The van der Waals surface area contributed by atoms with Crippen molar-refractivity contribution in [1.82, 2.24) is 19.6 Å². The zero-order valence-electron chi connectivity index (χ0n) is 18.6. The molecule has 0 bridgehead atoms. The Hall–Kier alpha value is -3.65. The molecule has 0 spiro atoms. The Kier molecular flexibility index (Phi) is 5.38. The molecular weight excluding hydrogens is 438 g/mol. The molecule has 5 rings (SSSR count). The van der Waals surface area contributed by atoms with Crippen molar-refractivity contribution >= 4 is 46.4 Å². The average molecular weight is 462 g/mol. The van der Waals surface area contributed by atoms with Gasteiger partial charge in [-0.15, -0.1) is 5.10 Å². The van der Waals surface area contributed by atoms with Gasteiger partial charge in [0.15, 0.2) is 0 Å². The normalized spacial score (nSPS) is 13.8. The second kappa shape index (κ2) is 8.37. The molecule has 2 aromatic carbocycles. The van der Waals surface area contributed by atoms with E-state index in [4.69, 9.17) is 11.6 Å². The number of hydrogen-bond donors (Lipinski definition) is 2. The van der Waals surface area contributed by atoms with Gasteiger partial charge in [0.05, 0.1) is 6.04 Å². The van der Waals surface area contributed by atoms with Gasteiger partial charge in [-0.25, -0.2) is 4.98 Å². The van der Waals surface area contributed by atoms with Crippen molar-refractivity contribution in [3.05, 3.63) is 70.4 Å². The van der Waals surface area contributed by atoms with Gasteiger partial charge in [0.1, 0.15) is 5.82 Å². The molecule has 8 nitrogen and oxygen atoms in total. The number of rotatable bonds is 5. The van der Waals surface area contributed by atoms with Crippen LogP contribution in [0.5, 0.6) is 0 Å². The van der Waals surface area contributed by atoms with E-state index in [1.165, 1.54) is 0 Å². The fourth-order valence-electron chi connectivity index (χ4n) is 4.14. The molecule has 2 aromatic heterocycles. The highest BCUT2D eigenvalue weighted by atomic mass is 35.5. The Balaban J connectivity index is 1.42. The largest absolute Gasteiger partial charge is 0.346 e. The third-order valence-electron chi connectivity index (χ3n) is 5.76. The number of carbonyl (C=O) groups excluding carboxylic acids is 1. The maximum atomic E-state index is 11.8. The third kappa shape index (κ3) is 4.21. The lowest BCUT2D eigenvalue weighted by atomic mass is 10.1. The van der Waals surface area contributed by atoms with E-state index in [9.17, 15) is 4.79 Å². The summed E-state index contributed by atoms with van der Waals surface area (Å²) in [5, 5.41) is 12.1. The van der Waals surface area contributed by atoms with Gasteiger partial charge in [0, 0.05) is 41.6 Å². The van der Waals surface area contributed by atoms with Gasteiger partial charge < -0.3 is 15.5 Å². The van der Waals surface area contributed by atoms with E-state index >= 15 is 0 Å². The van der Waals surface area contributed by atoms with Crippen LogP contribution in [0.15, 0.2) is 48.5 Å². The molecule has 1 atom stereocenters. The second-order valence-electron chi connectivity index (χ2n) is 8.24. The number of nitrogens with zero attached hydrogens (tertiary/aromatic N) is 5. The quantitative estimate of drug-likeness (QED) is 0.439. The van der Waals surface area contributed by atoms with Crippen molar-refractivity contribution < 1.29 is 4.79 Å². The minimum absolute atomic E-state index is 0.0282. The number of anilines is 4. The summed E-state index contributed by atoms with van der Waals surface area (Å²) in [7, 11) is 0. The van der Waals surface area contributed by atoms with E-state index in [0.717, 1.165) is 47.0 Å². The number of benzene rings is 2. The van der Waals surface area contributed by atoms with E-state index in [2.05, 4.69) is 31.8 Å². The van der Waals surface area contributed by atoms with Crippen LogP contribution in [0.3, 0.4) is 0 Å². The minimum Gasteiger partial charge on any atom is -0.346 e. The fourth-order valence-corrected chi connectivity index (χ4v) is 4.34. The summed E-state index contributed by atoms with van der Waals surface area (Å²) >= 11 is 6.13. The molecule has 4 aromatic rings. The Labute approximate surface area is 196 Å². The van der Waals surface area contributed by atoms with Crippen LogP contribution in [-0.4, -0.2) is 32.0 Å². The van der Waals surface area contributed by atoms with Crippen molar-refractivity contribution in [1.29, 1.82) is 0 Å². The first-order chi connectivity index (χ1) is 15.9. The summed E-state index contributed by atoms with van der Waals surface area (Å²) in [5.74, 6) is 1.81. The first-order valence-corrected chi connectivity index (χ1v) is 11.2. The highest BCUT2D eigenvalue weighted by Crippen LogP contribution is 2.32. The minimum atomic E-state index is -0.0282. The summed E-state index contributed by atoms with van der Waals surface area (Å²) in [6.45, 7) is 6.27. The molecule has 1 aliphatic rings. The van der Waals surface area contributed by atoms with Crippen LogP contribution < -0.4 is 15.5 Å². The molecule has 168 valence electrons. The van der Waals surface area contributed by atoms with Gasteiger partial charge in [-0.05, 0) is 61.7 Å². The molecule has 9 heteroatoms. The maximum Gasteiger partial charge on any atom is 0.256 e. The molecule has 0 radical (unpaired) electrons. The molecule has 1 amide bonds. The van der Waals surface area contributed by atoms with Crippen molar-refractivity contribution in [2.45, 2.75) is 33.2 Å². The molecule has 0 saturated heterocycles. The monoisotopic (exact) mass is 461 g/mol. The number of fused-ring (bicyclic) bond motifs is 2. The van der Waals surface area contributed by atoms with Crippen LogP contribution in [0.1, 0.15) is 36.7 Å². The number of amides is 1. The van der Waals surface area contributed by atoms with Crippen molar-refractivity contribution in [2.24, 2.45) is 0 Å². The number of nitrogens with one attached hydrogen (secondary N) is 2. The number of carbonyl (C=O) groups is 1.